The van der Waals surface area contributed by atoms with Gasteiger partial charge >= 0.3 is 0 Å². The first-order valence-corrected chi connectivity index (χ1v) is 13.2. The van der Waals surface area contributed by atoms with Gasteiger partial charge in [-0.1, -0.05) is 18.2 Å². The lowest BCUT2D eigenvalue weighted by atomic mass is 10.0. The number of aliphatic hydroxyl groups is 1. The number of aromatic amines is 1. The van der Waals surface area contributed by atoms with E-state index in [0.717, 1.165) is 42.9 Å². The number of benzene rings is 3. The van der Waals surface area contributed by atoms with Gasteiger partial charge in [-0.15, -0.1) is 0 Å². The second kappa shape index (κ2) is 11.7. The monoisotopic (exact) mass is 525 g/mol. The van der Waals surface area contributed by atoms with Gasteiger partial charge in [-0.3, -0.25) is 9.59 Å². The summed E-state index contributed by atoms with van der Waals surface area (Å²) in [5.41, 5.74) is 5.64. The molecular weight excluding hydrogens is 493 g/mol. The topological polar surface area (TPSA) is 85.4 Å². The molecule has 0 atom stereocenters. The number of rotatable bonds is 9. The molecule has 1 saturated heterocycles. The molecule has 0 aliphatic carbocycles. The number of ketones is 2. The van der Waals surface area contributed by atoms with Gasteiger partial charge in [0, 0.05) is 48.6 Å². The Morgan fingerprint density at radius 2 is 1.56 bits per heavy atom. The molecule has 0 spiro atoms. The van der Waals surface area contributed by atoms with Crippen molar-refractivity contribution in [3.05, 3.63) is 113 Å². The van der Waals surface area contributed by atoms with E-state index in [9.17, 15) is 19.1 Å². The van der Waals surface area contributed by atoms with E-state index >= 15 is 0 Å². The number of nitrogens with one attached hydrogen (secondary N) is 2. The van der Waals surface area contributed by atoms with Gasteiger partial charge in [-0.2, -0.15) is 0 Å². The van der Waals surface area contributed by atoms with E-state index < -0.39 is 5.82 Å². The lowest BCUT2D eigenvalue weighted by molar-refractivity contribution is 0.0982. The molecule has 1 aliphatic rings. The summed E-state index contributed by atoms with van der Waals surface area (Å²) in [6, 6.07) is 23.3. The van der Waals surface area contributed by atoms with Crippen LogP contribution in [0.4, 0.5) is 21.5 Å². The molecule has 3 aromatic carbocycles. The lowest BCUT2D eigenvalue weighted by Crippen LogP contribution is -2.35. The normalized spacial score (nSPS) is 13.9. The summed E-state index contributed by atoms with van der Waals surface area (Å²) in [7, 11) is 0. The number of aliphatic hydroxyl groups excluding tert-OH is 1. The highest BCUT2D eigenvalue weighted by atomic mass is 19.1. The summed E-state index contributed by atoms with van der Waals surface area (Å²) in [5.74, 6) is -0.500. The zero-order valence-corrected chi connectivity index (χ0v) is 21.9. The minimum absolute atomic E-state index is 0.0296. The number of anilines is 3. The quantitative estimate of drug-likeness (QED) is 0.233. The number of hydrogen-bond acceptors (Lipinski definition) is 5. The van der Waals surface area contributed by atoms with Crippen LogP contribution in [0.3, 0.4) is 0 Å². The van der Waals surface area contributed by atoms with E-state index in [4.69, 9.17) is 0 Å². The van der Waals surface area contributed by atoms with Gasteiger partial charge in [-0.05, 0) is 91.6 Å². The van der Waals surface area contributed by atoms with Gasteiger partial charge < -0.3 is 20.3 Å². The summed E-state index contributed by atoms with van der Waals surface area (Å²) in [6.45, 7) is 3.51. The van der Waals surface area contributed by atoms with Crippen LogP contribution in [-0.2, 0) is 12.8 Å². The Hall–Kier alpha value is -4.23. The highest BCUT2D eigenvalue weighted by molar-refractivity contribution is 5.98. The van der Waals surface area contributed by atoms with Crippen molar-refractivity contribution in [3.8, 4) is 0 Å². The fourth-order valence-corrected chi connectivity index (χ4v) is 4.85. The maximum absolute atomic E-state index is 14.8. The second-order valence-electron chi connectivity index (χ2n) is 10.2. The first kappa shape index (κ1) is 26.4. The van der Waals surface area contributed by atoms with Crippen LogP contribution in [0.5, 0.6) is 0 Å². The van der Waals surface area contributed by atoms with Crippen molar-refractivity contribution < 1.29 is 19.1 Å². The number of H-pyrrole nitrogens is 1. The van der Waals surface area contributed by atoms with Crippen LogP contribution in [0.1, 0.15) is 50.5 Å². The Kier molecular flexibility index (Phi) is 7.89. The molecule has 1 aliphatic heterocycles. The first-order chi connectivity index (χ1) is 18.8. The van der Waals surface area contributed by atoms with Gasteiger partial charge in [0.2, 0.25) is 0 Å². The number of piperidine rings is 1. The molecule has 2 heterocycles. The molecular formula is C32H32FN3O3. The van der Waals surface area contributed by atoms with Gasteiger partial charge in [0.15, 0.2) is 11.6 Å². The summed E-state index contributed by atoms with van der Waals surface area (Å²) in [5, 5.41) is 12.8. The highest BCUT2D eigenvalue weighted by Gasteiger charge is 2.18. The van der Waals surface area contributed by atoms with Crippen LogP contribution >= 0.6 is 0 Å². The fraction of sp³-hybridized carbons (Fsp3) is 0.250. The Morgan fingerprint density at radius 3 is 2.21 bits per heavy atom. The molecule has 0 unspecified atom stereocenters. The van der Waals surface area contributed by atoms with E-state index in [1.165, 1.54) is 6.07 Å². The van der Waals surface area contributed by atoms with Crippen LogP contribution in [-0.4, -0.2) is 40.9 Å². The number of carbonyl (C=O) groups excluding carboxylic acids is 2. The Labute approximate surface area is 227 Å². The molecule has 5 rings (SSSR count). The molecule has 39 heavy (non-hydrogen) atoms. The average molecular weight is 526 g/mol. The van der Waals surface area contributed by atoms with Crippen LogP contribution in [0.15, 0.2) is 78.9 Å². The third kappa shape index (κ3) is 6.62. The number of hydrogen-bond donors (Lipinski definition) is 3. The summed E-state index contributed by atoms with van der Waals surface area (Å²) < 4.78 is 14.8. The lowest BCUT2D eigenvalue weighted by Gasteiger charge is -2.31. The van der Waals surface area contributed by atoms with Crippen LogP contribution < -0.4 is 10.2 Å². The standard InChI is InChI=1S/C32H32FN3O3/c1-21-2-12-30(34-21)32(39)20-23-5-13-29(28(33)18-23)35-25-8-3-22(4-9-25)19-31(38)24-6-10-26(11-7-24)36-16-14-27(37)15-17-36/h2-13,18,27,34-35,37H,14-17,19-20H2,1H3. The second-order valence-corrected chi connectivity index (χ2v) is 10.2. The Morgan fingerprint density at radius 1 is 0.897 bits per heavy atom. The van der Waals surface area contributed by atoms with Gasteiger partial charge in [0.05, 0.1) is 17.5 Å². The summed E-state index contributed by atoms with van der Waals surface area (Å²) >= 11 is 0. The van der Waals surface area contributed by atoms with Crippen molar-refractivity contribution in [3.63, 3.8) is 0 Å². The smallest absolute Gasteiger partial charge is 0.183 e. The maximum Gasteiger partial charge on any atom is 0.183 e. The molecule has 0 saturated carbocycles. The van der Waals surface area contributed by atoms with E-state index in [1.54, 1.807) is 18.2 Å². The molecule has 0 radical (unpaired) electrons. The molecule has 1 fully saturated rings. The van der Waals surface area contributed by atoms with Crippen molar-refractivity contribution in [2.24, 2.45) is 0 Å². The third-order valence-corrected chi connectivity index (χ3v) is 7.15. The molecule has 7 heteroatoms. The number of halogens is 1. The average Bonchev–Trinajstić information content (AvgIpc) is 3.38. The third-order valence-electron chi connectivity index (χ3n) is 7.15. The number of nitrogens with zero attached hydrogens (tertiary/aromatic N) is 1. The minimum Gasteiger partial charge on any atom is -0.393 e. The summed E-state index contributed by atoms with van der Waals surface area (Å²) in [6.07, 6.45) is 1.69. The van der Waals surface area contributed by atoms with Crippen molar-refractivity contribution in [2.75, 3.05) is 23.3 Å². The molecule has 0 bridgehead atoms. The largest absolute Gasteiger partial charge is 0.393 e. The first-order valence-electron chi connectivity index (χ1n) is 13.2. The molecule has 0 amide bonds. The zero-order valence-electron chi connectivity index (χ0n) is 21.9. The summed E-state index contributed by atoms with van der Waals surface area (Å²) in [4.78, 5) is 30.5. The van der Waals surface area contributed by atoms with Crippen molar-refractivity contribution in [2.45, 2.75) is 38.7 Å². The predicted octanol–water partition coefficient (Wildman–Crippen LogP) is 6.02. The predicted molar refractivity (Wildman–Crippen MR) is 152 cm³/mol. The van der Waals surface area contributed by atoms with E-state index in [-0.39, 0.29) is 30.5 Å². The van der Waals surface area contributed by atoms with Gasteiger partial charge in [0.25, 0.3) is 0 Å². The Balaban J connectivity index is 1.16. The van der Waals surface area contributed by atoms with Crippen molar-refractivity contribution in [1.29, 1.82) is 0 Å². The zero-order chi connectivity index (χ0) is 27.4. The van der Waals surface area contributed by atoms with E-state index in [2.05, 4.69) is 15.2 Å². The van der Waals surface area contributed by atoms with Crippen molar-refractivity contribution in [1.82, 2.24) is 4.98 Å². The minimum atomic E-state index is -0.439. The van der Waals surface area contributed by atoms with Gasteiger partial charge in [-0.25, -0.2) is 4.39 Å². The van der Waals surface area contributed by atoms with Crippen LogP contribution in [0.25, 0.3) is 0 Å². The molecule has 3 N–H and O–H groups in total. The molecule has 1 aromatic heterocycles. The number of aromatic nitrogens is 1. The molecule has 200 valence electrons. The Bertz CT molecular complexity index is 1450. The van der Waals surface area contributed by atoms with E-state index in [0.29, 0.717) is 28.2 Å². The molecule has 4 aromatic rings. The van der Waals surface area contributed by atoms with Crippen LogP contribution in [0, 0.1) is 12.7 Å². The fourth-order valence-electron chi connectivity index (χ4n) is 4.85. The molecule has 6 nitrogen and oxygen atoms in total. The number of Topliss-reactive ketones (excluding diaryl/α,β-unsaturated/α-hetero) is 2. The van der Waals surface area contributed by atoms with Gasteiger partial charge in [0.1, 0.15) is 5.82 Å². The number of aryl methyl sites for hydroxylation is 1. The van der Waals surface area contributed by atoms with Crippen molar-refractivity contribution >= 4 is 28.6 Å². The van der Waals surface area contributed by atoms with Crippen LogP contribution in [0.2, 0.25) is 0 Å². The number of carbonyl (C=O) groups is 2. The van der Waals surface area contributed by atoms with E-state index in [1.807, 2.05) is 61.5 Å². The maximum atomic E-state index is 14.8. The highest BCUT2D eigenvalue weighted by Crippen LogP contribution is 2.24. The SMILES string of the molecule is Cc1ccc(C(=O)Cc2ccc(Nc3ccc(CC(=O)c4ccc(N5CCC(O)CC5)cc4)cc3)c(F)c2)[nH]1.